The van der Waals surface area contributed by atoms with Gasteiger partial charge in [0.2, 0.25) is 5.91 Å². The molecule has 0 unspecified atom stereocenters. The van der Waals surface area contributed by atoms with Gasteiger partial charge < -0.3 is 10.1 Å². The van der Waals surface area contributed by atoms with Crippen molar-refractivity contribution in [2.45, 2.75) is 32.9 Å². The van der Waals surface area contributed by atoms with Crippen molar-refractivity contribution < 1.29 is 14.3 Å². The molecule has 36 heavy (non-hydrogen) atoms. The third-order valence-corrected chi connectivity index (χ3v) is 7.53. The highest BCUT2D eigenvalue weighted by molar-refractivity contribution is 14.1. The van der Waals surface area contributed by atoms with Gasteiger partial charge >= 0.3 is 0 Å². The maximum absolute atomic E-state index is 12.7. The highest BCUT2D eigenvalue weighted by Gasteiger charge is 2.24. The van der Waals surface area contributed by atoms with E-state index in [9.17, 15) is 9.59 Å². The topological polar surface area (TPSA) is 104 Å². The van der Waals surface area contributed by atoms with Gasteiger partial charge in [-0.05, 0) is 97.9 Å². The monoisotopic (exact) mass is 726 g/mol. The maximum atomic E-state index is 12.7. The number of carbonyl (C=O) groups is 2. The summed E-state index contributed by atoms with van der Waals surface area (Å²) < 4.78 is 7.81. The van der Waals surface area contributed by atoms with Gasteiger partial charge in [0.1, 0.15) is 18.4 Å². The van der Waals surface area contributed by atoms with E-state index in [0.717, 1.165) is 28.9 Å². The number of nitriles is 1. The van der Waals surface area contributed by atoms with E-state index >= 15 is 0 Å². The predicted octanol–water partition coefficient (Wildman–Crippen LogP) is 5.24. The maximum Gasteiger partial charge on any atom is 0.262 e. The Morgan fingerprint density at radius 2 is 1.86 bits per heavy atom. The van der Waals surface area contributed by atoms with E-state index in [-0.39, 0.29) is 24.2 Å². The summed E-state index contributed by atoms with van der Waals surface area (Å²) in [6.45, 7) is 4.14. The van der Waals surface area contributed by atoms with Gasteiger partial charge in [-0.2, -0.15) is 10.4 Å². The number of nitrogens with zero attached hydrogens (tertiary/aromatic N) is 2. The SMILES string of the molecule is CC(C)[C@@H](NC(=O)Cc1cccs1)C(=O)N/N=C/c1cc(I)c(OCc2ccc(C#N)cc2)c(I)c1. The van der Waals surface area contributed by atoms with Gasteiger partial charge in [-0.1, -0.05) is 32.0 Å². The van der Waals surface area contributed by atoms with Crippen LogP contribution < -0.4 is 15.5 Å². The van der Waals surface area contributed by atoms with Crippen LogP contribution in [-0.4, -0.2) is 24.1 Å². The molecular weight excluding hydrogens is 702 g/mol. The zero-order valence-corrected chi connectivity index (χ0v) is 24.8. The van der Waals surface area contributed by atoms with E-state index in [2.05, 4.69) is 67.1 Å². The van der Waals surface area contributed by atoms with Crippen LogP contribution in [0, 0.1) is 24.4 Å². The molecule has 7 nitrogen and oxygen atoms in total. The fourth-order valence-corrected chi connectivity index (χ4v) is 6.02. The summed E-state index contributed by atoms with van der Waals surface area (Å²) >= 11 is 5.91. The molecule has 0 aliphatic rings. The van der Waals surface area contributed by atoms with Gasteiger partial charge in [0, 0.05) is 4.88 Å². The predicted molar refractivity (Wildman–Crippen MR) is 158 cm³/mol. The van der Waals surface area contributed by atoms with Gasteiger partial charge in [0.15, 0.2) is 0 Å². The lowest BCUT2D eigenvalue weighted by Crippen LogP contribution is -2.49. The van der Waals surface area contributed by atoms with Crippen molar-refractivity contribution in [1.82, 2.24) is 10.7 Å². The molecule has 10 heteroatoms. The third-order valence-electron chi connectivity index (χ3n) is 5.06. The molecule has 1 atom stereocenters. The fraction of sp³-hybridized carbons (Fsp3) is 0.231. The van der Waals surface area contributed by atoms with Crippen LogP contribution >= 0.6 is 56.5 Å². The van der Waals surface area contributed by atoms with E-state index in [0.29, 0.717) is 12.2 Å². The van der Waals surface area contributed by atoms with Gasteiger partial charge in [0.05, 0.1) is 31.4 Å². The molecule has 0 saturated carbocycles. The second-order valence-electron chi connectivity index (χ2n) is 8.19. The second-order valence-corrected chi connectivity index (χ2v) is 11.5. The summed E-state index contributed by atoms with van der Waals surface area (Å²) in [5.74, 6) is 0.0977. The molecule has 0 fully saturated rings. The highest BCUT2D eigenvalue weighted by atomic mass is 127. The van der Waals surface area contributed by atoms with Crippen LogP contribution in [0.1, 0.15) is 35.4 Å². The first-order valence-electron chi connectivity index (χ1n) is 11.0. The first-order chi connectivity index (χ1) is 17.3. The number of benzene rings is 2. The van der Waals surface area contributed by atoms with Crippen molar-refractivity contribution in [2.24, 2.45) is 11.0 Å². The number of thiophene rings is 1. The molecule has 0 saturated heterocycles. The van der Waals surface area contributed by atoms with E-state index in [1.165, 1.54) is 11.3 Å². The van der Waals surface area contributed by atoms with Crippen LogP contribution in [0.5, 0.6) is 5.75 Å². The molecule has 2 amide bonds. The van der Waals surface area contributed by atoms with Crippen LogP contribution in [0.2, 0.25) is 0 Å². The number of ether oxygens (including phenoxy) is 1. The number of nitrogens with one attached hydrogen (secondary N) is 2. The van der Waals surface area contributed by atoms with Crippen molar-refractivity contribution in [3.63, 3.8) is 0 Å². The average molecular weight is 726 g/mol. The zero-order valence-electron chi connectivity index (χ0n) is 19.6. The fourth-order valence-electron chi connectivity index (χ4n) is 3.19. The summed E-state index contributed by atoms with van der Waals surface area (Å²) in [7, 11) is 0. The minimum atomic E-state index is -0.687. The summed E-state index contributed by atoms with van der Waals surface area (Å²) in [6, 6.07) is 16.3. The Morgan fingerprint density at radius 3 is 2.44 bits per heavy atom. The Bertz CT molecular complexity index is 1250. The summed E-state index contributed by atoms with van der Waals surface area (Å²) in [6.07, 6.45) is 1.81. The summed E-state index contributed by atoms with van der Waals surface area (Å²) in [5.41, 5.74) is 4.93. The van der Waals surface area contributed by atoms with Gasteiger partial charge in [-0.3, -0.25) is 9.59 Å². The van der Waals surface area contributed by atoms with E-state index in [1.807, 2.05) is 55.6 Å². The molecule has 186 valence electrons. The van der Waals surface area contributed by atoms with Crippen LogP contribution in [0.4, 0.5) is 0 Å². The number of hydrogen-bond acceptors (Lipinski definition) is 6. The minimum Gasteiger partial charge on any atom is -0.487 e. The number of hydrazone groups is 1. The van der Waals surface area contributed by atoms with E-state index in [1.54, 1.807) is 18.3 Å². The molecule has 0 spiro atoms. The molecule has 1 aromatic heterocycles. The number of amides is 2. The Labute approximate surface area is 241 Å². The Morgan fingerprint density at radius 1 is 1.17 bits per heavy atom. The average Bonchev–Trinajstić information content (AvgIpc) is 3.35. The molecule has 1 heterocycles. The zero-order chi connectivity index (χ0) is 26.1. The molecule has 0 radical (unpaired) electrons. The minimum absolute atomic E-state index is 0.0954. The van der Waals surface area contributed by atoms with E-state index in [4.69, 9.17) is 10.00 Å². The number of carbonyl (C=O) groups excluding carboxylic acids is 2. The molecule has 0 aliphatic heterocycles. The molecule has 0 bridgehead atoms. The molecular formula is C26H24I2N4O3S. The molecule has 3 aromatic rings. The smallest absolute Gasteiger partial charge is 0.262 e. The van der Waals surface area contributed by atoms with Gasteiger partial charge in [0.25, 0.3) is 5.91 Å². The third kappa shape index (κ3) is 8.28. The first-order valence-corrected chi connectivity index (χ1v) is 14.1. The lowest BCUT2D eigenvalue weighted by molar-refractivity contribution is -0.129. The second kappa shape index (κ2) is 13.7. The molecule has 2 N–H and O–H groups in total. The molecule has 2 aromatic carbocycles. The number of rotatable bonds is 10. The van der Waals surface area contributed by atoms with Crippen molar-refractivity contribution in [3.8, 4) is 11.8 Å². The van der Waals surface area contributed by atoms with Crippen LogP contribution in [0.25, 0.3) is 0 Å². The standard InChI is InChI=1S/C26H24I2N4O3S/c1-16(2)24(31-23(33)12-20-4-3-9-36-20)26(34)32-30-14-19-10-21(27)25(22(28)11-19)35-15-18-7-5-17(13-29)6-8-18/h3-11,14,16,24H,12,15H2,1-2H3,(H,31,33)(H,32,34)/b30-14+/t24-/m1/s1. The number of halogens is 2. The highest BCUT2D eigenvalue weighted by Crippen LogP contribution is 2.29. The van der Waals surface area contributed by atoms with Crippen molar-refractivity contribution in [2.75, 3.05) is 0 Å². The van der Waals surface area contributed by atoms with Gasteiger partial charge in [-0.15, -0.1) is 11.3 Å². The van der Waals surface area contributed by atoms with Gasteiger partial charge in [-0.25, -0.2) is 5.43 Å². The largest absolute Gasteiger partial charge is 0.487 e. The molecule has 3 rings (SSSR count). The van der Waals surface area contributed by atoms with E-state index < -0.39 is 6.04 Å². The van der Waals surface area contributed by atoms with Crippen molar-refractivity contribution >= 4 is 74.5 Å². The summed E-state index contributed by atoms with van der Waals surface area (Å²) in [5, 5.41) is 17.8. The normalized spacial score (nSPS) is 11.8. The first kappa shape index (κ1) is 28.1. The Hall–Kier alpha value is -2.50. The Balaban J connectivity index is 1.58. The van der Waals surface area contributed by atoms with Crippen molar-refractivity contribution in [1.29, 1.82) is 5.26 Å². The van der Waals surface area contributed by atoms with Crippen LogP contribution in [0.15, 0.2) is 59.0 Å². The van der Waals surface area contributed by atoms with Crippen molar-refractivity contribution in [3.05, 3.63) is 82.6 Å². The quantitative estimate of drug-likeness (QED) is 0.170. The number of hydrogen-bond donors (Lipinski definition) is 2. The van der Waals surface area contributed by atoms with Crippen LogP contribution in [-0.2, 0) is 22.6 Å². The lowest BCUT2D eigenvalue weighted by atomic mass is 10.0. The van der Waals surface area contributed by atoms with Crippen LogP contribution in [0.3, 0.4) is 0 Å². The Kier molecular flexibility index (Phi) is 10.7. The summed E-state index contributed by atoms with van der Waals surface area (Å²) in [4.78, 5) is 26.0. The lowest BCUT2D eigenvalue weighted by Gasteiger charge is -2.20. The molecule has 0 aliphatic carbocycles.